The average molecular weight is 284 g/mol. The fourth-order valence-corrected chi connectivity index (χ4v) is 3.44. The highest BCUT2D eigenvalue weighted by Crippen LogP contribution is 2.35. The first-order valence-electron chi connectivity index (χ1n) is 8.06. The van der Waals surface area contributed by atoms with Crippen LogP contribution < -0.4 is 5.73 Å². The van der Waals surface area contributed by atoms with Crippen LogP contribution in [0.15, 0.2) is 42.5 Å². The Morgan fingerprint density at radius 2 is 1.62 bits per heavy atom. The van der Waals surface area contributed by atoms with E-state index in [1.807, 2.05) is 0 Å². The second-order valence-corrected chi connectivity index (χ2v) is 5.93. The summed E-state index contributed by atoms with van der Waals surface area (Å²) >= 11 is 0. The van der Waals surface area contributed by atoms with Gasteiger partial charge in [-0.25, -0.2) is 0 Å². The molecule has 0 amide bonds. The molecule has 2 heteroatoms. The van der Waals surface area contributed by atoms with E-state index >= 15 is 0 Å². The normalized spacial score (nSPS) is 16.1. The maximum atomic E-state index is 6.76. The van der Waals surface area contributed by atoms with Crippen molar-refractivity contribution in [2.45, 2.75) is 45.7 Å². The van der Waals surface area contributed by atoms with Crippen molar-refractivity contribution in [1.29, 1.82) is 0 Å². The molecule has 2 aromatic carbocycles. The lowest BCUT2D eigenvalue weighted by Crippen LogP contribution is -2.53. The zero-order chi connectivity index (χ0) is 15.5. The van der Waals surface area contributed by atoms with Crippen LogP contribution in [0.2, 0.25) is 0 Å². The molecule has 114 valence electrons. The van der Waals surface area contributed by atoms with Gasteiger partial charge in [-0.2, -0.15) is 0 Å². The van der Waals surface area contributed by atoms with Crippen molar-refractivity contribution in [3.8, 4) is 0 Å². The molecule has 0 aromatic heterocycles. The average Bonchev–Trinajstić information content (AvgIpc) is 2.54. The molecule has 0 fully saturated rings. The summed E-state index contributed by atoms with van der Waals surface area (Å²) in [5.41, 5.74) is 7.99. The summed E-state index contributed by atoms with van der Waals surface area (Å²) in [5, 5.41) is 2.54. The van der Waals surface area contributed by atoms with Crippen molar-refractivity contribution >= 4 is 10.8 Å². The van der Waals surface area contributed by atoms with Gasteiger partial charge in [0.25, 0.3) is 0 Å². The Kier molecular flexibility index (Phi) is 5.02. The van der Waals surface area contributed by atoms with E-state index in [0.717, 1.165) is 19.5 Å². The predicted molar refractivity (Wildman–Crippen MR) is 92.5 cm³/mol. The van der Waals surface area contributed by atoms with E-state index in [1.54, 1.807) is 0 Å². The molecule has 0 saturated heterocycles. The number of hydrogen-bond acceptors (Lipinski definition) is 2. The smallest absolute Gasteiger partial charge is 0.0485 e. The standard InChI is InChI=1S/C19H28N2/c1-5-19(4,21(6-2)7-3)18(20)17-14-10-12-15-11-8-9-13-16(15)17/h8-14,18H,5-7,20H2,1-4H3. The van der Waals surface area contributed by atoms with Gasteiger partial charge in [0.05, 0.1) is 0 Å². The van der Waals surface area contributed by atoms with Crippen LogP contribution in [0.5, 0.6) is 0 Å². The molecule has 0 radical (unpaired) electrons. The number of rotatable bonds is 6. The molecule has 2 rings (SSSR count). The van der Waals surface area contributed by atoms with Gasteiger partial charge < -0.3 is 5.73 Å². The van der Waals surface area contributed by atoms with E-state index in [2.05, 4.69) is 75.1 Å². The Morgan fingerprint density at radius 3 is 2.24 bits per heavy atom. The van der Waals surface area contributed by atoms with Crippen LogP contribution >= 0.6 is 0 Å². The van der Waals surface area contributed by atoms with E-state index in [1.165, 1.54) is 16.3 Å². The van der Waals surface area contributed by atoms with Gasteiger partial charge in [-0.1, -0.05) is 63.2 Å². The molecule has 21 heavy (non-hydrogen) atoms. The van der Waals surface area contributed by atoms with Crippen LogP contribution in [0.4, 0.5) is 0 Å². The quantitative estimate of drug-likeness (QED) is 0.854. The van der Waals surface area contributed by atoms with Crippen molar-refractivity contribution < 1.29 is 0 Å². The molecule has 2 atom stereocenters. The highest BCUT2D eigenvalue weighted by atomic mass is 15.2. The number of hydrogen-bond donors (Lipinski definition) is 1. The Morgan fingerprint density at radius 1 is 1.00 bits per heavy atom. The molecule has 0 spiro atoms. The second kappa shape index (κ2) is 6.59. The van der Waals surface area contributed by atoms with Gasteiger partial charge in [0.15, 0.2) is 0 Å². The first-order valence-corrected chi connectivity index (χ1v) is 8.06. The van der Waals surface area contributed by atoms with Crippen LogP contribution in [0.1, 0.15) is 45.7 Å². The van der Waals surface area contributed by atoms with Crippen LogP contribution in [-0.2, 0) is 0 Å². The van der Waals surface area contributed by atoms with Crippen LogP contribution in [0, 0.1) is 0 Å². The summed E-state index contributed by atoms with van der Waals surface area (Å²) in [5.74, 6) is 0. The summed E-state index contributed by atoms with van der Waals surface area (Å²) in [7, 11) is 0. The summed E-state index contributed by atoms with van der Waals surface area (Å²) in [4.78, 5) is 2.49. The fourth-order valence-electron chi connectivity index (χ4n) is 3.44. The van der Waals surface area contributed by atoms with Gasteiger partial charge in [-0.05, 0) is 42.8 Å². The Labute approximate surface area is 128 Å². The molecule has 2 nitrogen and oxygen atoms in total. The molecule has 0 aliphatic carbocycles. The number of nitrogens with two attached hydrogens (primary N) is 1. The summed E-state index contributed by atoms with van der Waals surface area (Å²) in [6.07, 6.45) is 1.04. The fraction of sp³-hybridized carbons (Fsp3) is 0.474. The van der Waals surface area contributed by atoms with E-state index in [0.29, 0.717) is 0 Å². The van der Waals surface area contributed by atoms with Crippen LogP contribution in [0.3, 0.4) is 0 Å². The number of benzene rings is 2. The molecule has 2 unspecified atom stereocenters. The van der Waals surface area contributed by atoms with Crippen molar-refractivity contribution in [1.82, 2.24) is 4.90 Å². The first kappa shape index (κ1) is 16.0. The van der Waals surface area contributed by atoms with Crippen molar-refractivity contribution in [3.05, 3.63) is 48.0 Å². The molecule has 0 saturated carbocycles. The van der Waals surface area contributed by atoms with Gasteiger partial charge in [0, 0.05) is 11.6 Å². The van der Waals surface area contributed by atoms with Gasteiger partial charge in [-0.3, -0.25) is 4.90 Å². The largest absolute Gasteiger partial charge is 0.322 e. The minimum absolute atomic E-state index is 0.00787. The van der Waals surface area contributed by atoms with Crippen molar-refractivity contribution in [2.24, 2.45) is 5.73 Å². The molecule has 0 bridgehead atoms. The molecule has 0 heterocycles. The predicted octanol–water partition coefficient (Wildman–Crippen LogP) is 4.35. The molecule has 2 N–H and O–H groups in total. The topological polar surface area (TPSA) is 29.3 Å². The van der Waals surface area contributed by atoms with Crippen molar-refractivity contribution in [2.75, 3.05) is 13.1 Å². The molecule has 2 aromatic rings. The third-order valence-electron chi connectivity index (χ3n) is 5.03. The Hall–Kier alpha value is -1.38. The second-order valence-electron chi connectivity index (χ2n) is 5.93. The third kappa shape index (κ3) is 2.83. The van der Waals surface area contributed by atoms with E-state index in [9.17, 15) is 0 Å². The summed E-state index contributed by atoms with van der Waals surface area (Å²) in [6.45, 7) is 11.0. The van der Waals surface area contributed by atoms with Crippen LogP contribution in [-0.4, -0.2) is 23.5 Å². The van der Waals surface area contributed by atoms with Gasteiger partial charge in [0.1, 0.15) is 0 Å². The summed E-state index contributed by atoms with van der Waals surface area (Å²) in [6, 6.07) is 15.0. The van der Waals surface area contributed by atoms with Crippen molar-refractivity contribution in [3.63, 3.8) is 0 Å². The highest BCUT2D eigenvalue weighted by molar-refractivity contribution is 5.86. The van der Waals surface area contributed by atoms with Gasteiger partial charge >= 0.3 is 0 Å². The molecular weight excluding hydrogens is 256 g/mol. The first-order chi connectivity index (χ1) is 10.1. The number of fused-ring (bicyclic) bond motifs is 1. The third-order valence-corrected chi connectivity index (χ3v) is 5.03. The lowest BCUT2D eigenvalue weighted by Gasteiger charge is -2.44. The molecular formula is C19H28N2. The maximum absolute atomic E-state index is 6.76. The lowest BCUT2D eigenvalue weighted by molar-refractivity contribution is 0.0849. The minimum Gasteiger partial charge on any atom is -0.322 e. The zero-order valence-electron chi connectivity index (χ0n) is 13.8. The lowest BCUT2D eigenvalue weighted by atomic mass is 9.81. The number of nitrogens with zero attached hydrogens (tertiary/aromatic N) is 1. The monoisotopic (exact) mass is 284 g/mol. The molecule has 0 aliphatic heterocycles. The maximum Gasteiger partial charge on any atom is 0.0485 e. The minimum atomic E-state index is -0.0202. The van der Waals surface area contributed by atoms with Crippen LogP contribution in [0.25, 0.3) is 10.8 Å². The van der Waals surface area contributed by atoms with Gasteiger partial charge in [-0.15, -0.1) is 0 Å². The summed E-state index contributed by atoms with van der Waals surface area (Å²) < 4.78 is 0. The van der Waals surface area contributed by atoms with E-state index in [-0.39, 0.29) is 11.6 Å². The zero-order valence-corrected chi connectivity index (χ0v) is 13.8. The molecule has 0 aliphatic rings. The van der Waals surface area contributed by atoms with E-state index in [4.69, 9.17) is 5.73 Å². The van der Waals surface area contributed by atoms with E-state index < -0.39 is 0 Å². The Bertz CT molecular complexity index is 584. The Balaban J connectivity index is 2.52. The number of likely N-dealkylation sites (N-methyl/N-ethyl adjacent to an activating group) is 1. The SMILES string of the molecule is CCN(CC)C(C)(CC)C(N)c1cccc2ccccc12. The highest BCUT2D eigenvalue weighted by Gasteiger charge is 2.36. The van der Waals surface area contributed by atoms with Gasteiger partial charge in [0.2, 0.25) is 0 Å².